The summed E-state index contributed by atoms with van der Waals surface area (Å²) in [5, 5.41) is 10.7. The van der Waals surface area contributed by atoms with Gasteiger partial charge in [0.1, 0.15) is 19.3 Å². The molecule has 1 heterocycles. The molecule has 0 bridgehead atoms. The molecule has 0 radical (unpaired) electrons. The van der Waals surface area contributed by atoms with E-state index in [2.05, 4.69) is 6.58 Å². The summed E-state index contributed by atoms with van der Waals surface area (Å²) >= 11 is 0. The molecule has 1 fully saturated rings. The second-order valence-electron chi connectivity index (χ2n) is 7.52. The van der Waals surface area contributed by atoms with E-state index in [4.69, 9.17) is 14.2 Å². The average Bonchev–Trinajstić information content (AvgIpc) is 2.88. The summed E-state index contributed by atoms with van der Waals surface area (Å²) in [5.41, 5.74) is 2.47. The highest BCUT2D eigenvalue weighted by molar-refractivity contribution is 5.90. The zero-order valence-corrected chi connectivity index (χ0v) is 17.1. The molecule has 1 aliphatic heterocycles. The van der Waals surface area contributed by atoms with Gasteiger partial charge in [0.25, 0.3) is 0 Å². The molecule has 0 saturated carbocycles. The second kappa shape index (κ2) is 10.2. The number of hydrogen-bond donors (Lipinski definition) is 1. The number of aliphatic hydroxyl groups excluding tert-OH is 1. The Labute approximate surface area is 170 Å². The van der Waals surface area contributed by atoms with Crippen LogP contribution in [0.5, 0.6) is 0 Å². The van der Waals surface area contributed by atoms with Crippen molar-refractivity contribution in [3.63, 3.8) is 0 Å². The highest BCUT2D eigenvalue weighted by atomic mass is 16.6. The maximum atomic E-state index is 12.0. The normalized spacial score (nSPS) is 24.5. The number of ether oxygens (including phenoxy) is 3. The molecule has 2 rings (SSSR count). The van der Waals surface area contributed by atoms with Crippen molar-refractivity contribution >= 4 is 17.9 Å². The van der Waals surface area contributed by atoms with Crippen LogP contribution in [0.15, 0.2) is 47.1 Å². The van der Waals surface area contributed by atoms with Gasteiger partial charge in [0.05, 0.1) is 6.10 Å². The third kappa shape index (κ3) is 6.71. The molecule has 1 saturated heterocycles. The lowest BCUT2D eigenvalue weighted by Crippen LogP contribution is -2.27. The highest BCUT2D eigenvalue weighted by Crippen LogP contribution is 2.36. The van der Waals surface area contributed by atoms with Crippen LogP contribution in [0.3, 0.4) is 0 Å². The Kier molecular flexibility index (Phi) is 7.96. The molecule has 1 N–H and O–H groups in total. The van der Waals surface area contributed by atoms with Crippen molar-refractivity contribution in [2.45, 2.75) is 52.2 Å². The van der Waals surface area contributed by atoms with Crippen LogP contribution in [-0.2, 0) is 28.6 Å². The lowest BCUT2D eigenvalue weighted by atomic mass is 9.85. The Morgan fingerprint density at radius 2 is 1.97 bits per heavy atom. The molecule has 158 valence electrons. The number of fused-ring (bicyclic) bond motifs is 1. The van der Waals surface area contributed by atoms with Gasteiger partial charge in [-0.25, -0.2) is 9.59 Å². The summed E-state index contributed by atoms with van der Waals surface area (Å²) < 4.78 is 15.8. The maximum Gasteiger partial charge on any atom is 0.334 e. The van der Waals surface area contributed by atoms with E-state index < -0.39 is 30.1 Å². The molecule has 0 aromatic heterocycles. The minimum Gasteiger partial charge on any atom is -0.461 e. The number of rotatable bonds is 5. The molecule has 3 atom stereocenters. The first-order valence-electron chi connectivity index (χ1n) is 9.57. The standard InChI is InChI=1S/C22H28O7/c1-13(2)8-21(25)28-12-17-7-5-6-16(11-27-15(4)23)9-20-18(10-19(17)24)14(3)22(26)29-20/h6-8,18-20,24H,3,5,9-12H2,1-2,4H3. The molecular weight excluding hydrogens is 376 g/mol. The zero-order chi connectivity index (χ0) is 21.6. The second-order valence-corrected chi connectivity index (χ2v) is 7.52. The van der Waals surface area contributed by atoms with E-state index in [0.29, 0.717) is 24.0 Å². The van der Waals surface area contributed by atoms with E-state index in [1.807, 2.05) is 6.08 Å². The first-order chi connectivity index (χ1) is 13.7. The number of carbonyl (C=O) groups excluding carboxylic acids is 3. The summed E-state index contributed by atoms with van der Waals surface area (Å²) in [6.07, 6.45) is 4.72. The van der Waals surface area contributed by atoms with Crippen LogP contribution in [0.2, 0.25) is 0 Å². The summed E-state index contributed by atoms with van der Waals surface area (Å²) in [5.74, 6) is -1.75. The van der Waals surface area contributed by atoms with Crippen molar-refractivity contribution in [1.82, 2.24) is 0 Å². The lowest BCUT2D eigenvalue weighted by molar-refractivity contribution is -0.141. The fraction of sp³-hybridized carbons (Fsp3) is 0.500. The molecule has 0 spiro atoms. The van der Waals surface area contributed by atoms with Crippen LogP contribution < -0.4 is 0 Å². The zero-order valence-electron chi connectivity index (χ0n) is 17.1. The third-order valence-corrected chi connectivity index (χ3v) is 4.82. The SMILES string of the molecule is C=C1C(=O)OC2CC(COC(C)=O)=CCC=C(COC(=O)C=C(C)C)C(O)CC12. The molecule has 3 unspecified atom stereocenters. The molecule has 2 aliphatic rings. The molecule has 29 heavy (non-hydrogen) atoms. The average molecular weight is 404 g/mol. The van der Waals surface area contributed by atoms with Crippen LogP contribution in [0.25, 0.3) is 0 Å². The molecule has 0 aromatic carbocycles. The Hall–Kier alpha value is -2.67. The van der Waals surface area contributed by atoms with E-state index in [1.165, 1.54) is 13.0 Å². The van der Waals surface area contributed by atoms with Gasteiger partial charge in [-0.15, -0.1) is 0 Å². The monoisotopic (exact) mass is 404 g/mol. The van der Waals surface area contributed by atoms with Gasteiger partial charge in [0.2, 0.25) is 0 Å². The number of aliphatic hydroxyl groups is 1. The van der Waals surface area contributed by atoms with E-state index in [0.717, 1.165) is 11.1 Å². The topological polar surface area (TPSA) is 99.1 Å². The van der Waals surface area contributed by atoms with Crippen LogP contribution in [-0.4, -0.2) is 48.4 Å². The number of esters is 3. The van der Waals surface area contributed by atoms with Gasteiger partial charge in [-0.3, -0.25) is 4.79 Å². The maximum absolute atomic E-state index is 12.0. The van der Waals surface area contributed by atoms with Gasteiger partial charge in [-0.2, -0.15) is 0 Å². The fourth-order valence-corrected chi connectivity index (χ4v) is 3.29. The van der Waals surface area contributed by atoms with Crippen LogP contribution in [0, 0.1) is 5.92 Å². The van der Waals surface area contributed by atoms with Crippen molar-refractivity contribution in [3.8, 4) is 0 Å². The van der Waals surface area contributed by atoms with Gasteiger partial charge in [-0.05, 0) is 37.8 Å². The Bertz CT molecular complexity index is 768. The van der Waals surface area contributed by atoms with Gasteiger partial charge in [0, 0.05) is 30.9 Å². The summed E-state index contributed by atoms with van der Waals surface area (Å²) in [6, 6.07) is 0. The highest BCUT2D eigenvalue weighted by Gasteiger charge is 2.40. The molecule has 0 amide bonds. The van der Waals surface area contributed by atoms with E-state index in [9.17, 15) is 19.5 Å². The van der Waals surface area contributed by atoms with Gasteiger partial charge < -0.3 is 19.3 Å². The summed E-state index contributed by atoms with van der Waals surface area (Å²) in [7, 11) is 0. The lowest BCUT2D eigenvalue weighted by Gasteiger charge is -2.24. The fourth-order valence-electron chi connectivity index (χ4n) is 3.29. The third-order valence-electron chi connectivity index (χ3n) is 4.82. The first kappa shape index (κ1) is 22.6. The predicted molar refractivity (Wildman–Crippen MR) is 106 cm³/mol. The Morgan fingerprint density at radius 3 is 2.62 bits per heavy atom. The van der Waals surface area contributed by atoms with Crippen LogP contribution >= 0.6 is 0 Å². The van der Waals surface area contributed by atoms with E-state index in [1.54, 1.807) is 19.9 Å². The van der Waals surface area contributed by atoms with Crippen molar-refractivity contribution in [1.29, 1.82) is 0 Å². The van der Waals surface area contributed by atoms with Crippen LogP contribution in [0.4, 0.5) is 0 Å². The molecular formula is C22H28O7. The van der Waals surface area contributed by atoms with Gasteiger partial charge in [-0.1, -0.05) is 24.3 Å². The Balaban J connectivity index is 2.23. The van der Waals surface area contributed by atoms with Crippen molar-refractivity contribution in [2.75, 3.05) is 13.2 Å². The molecule has 7 heteroatoms. The summed E-state index contributed by atoms with van der Waals surface area (Å²) in [4.78, 5) is 35.0. The van der Waals surface area contributed by atoms with Gasteiger partial charge >= 0.3 is 17.9 Å². The molecule has 0 aromatic rings. The summed E-state index contributed by atoms with van der Waals surface area (Å²) in [6.45, 7) is 8.76. The number of carbonyl (C=O) groups is 3. The van der Waals surface area contributed by atoms with Crippen molar-refractivity contribution in [3.05, 3.63) is 47.1 Å². The Morgan fingerprint density at radius 1 is 1.24 bits per heavy atom. The van der Waals surface area contributed by atoms with Crippen molar-refractivity contribution < 1.29 is 33.7 Å². The predicted octanol–water partition coefficient (Wildman–Crippen LogP) is 2.55. The quantitative estimate of drug-likeness (QED) is 0.325. The van der Waals surface area contributed by atoms with Crippen LogP contribution in [0.1, 0.15) is 40.0 Å². The minimum atomic E-state index is -0.906. The van der Waals surface area contributed by atoms with E-state index in [-0.39, 0.29) is 25.6 Å². The smallest absolute Gasteiger partial charge is 0.334 e. The molecule has 1 aliphatic carbocycles. The van der Waals surface area contributed by atoms with E-state index >= 15 is 0 Å². The van der Waals surface area contributed by atoms with Gasteiger partial charge in [0.15, 0.2) is 0 Å². The first-order valence-corrected chi connectivity index (χ1v) is 9.57. The minimum absolute atomic E-state index is 0.0600. The number of hydrogen-bond acceptors (Lipinski definition) is 7. The number of allylic oxidation sites excluding steroid dienone is 3. The molecule has 7 nitrogen and oxygen atoms in total. The van der Waals surface area contributed by atoms with Crippen molar-refractivity contribution in [2.24, 2.45) is 5.92 Å². The largest absolute Gasteiger partial charge is 0.461 e.